The fourth-order valence-corrected chi connectivity index (χ4v) is 4.66. The first-order chi connectivity index (χ1) is 16.0. The number of alkyl halides is 1. The molecule has 184 valence electrons. The summed E-state index contributed by atoms with van der Waals surface area (Å²) in [7, 11) is 1.74. The van der Waals surface area contributed by atoms with Crippen molar-refractivity contribution in [2.24, 2.45) is 17.5 Å². The lowest BCUT2D eigenvalue weighted by Crippen LogP contribution is -2.48. The van der Waals surface area contributed by atoms with E-state index in [0.29, 0.717) is 31.3 Å². The van der Waals surface area contributed by atoms with Crippen molar-refractivity contribution >= 4 is 46.3 Å². The van der Waals surface area contributed by atoms with Crippen LogP contribution in [0.4, 0.5) is 5.69 Å². The minimum atomic E-state index is -0.869. The highest BCUT2D eigenvalue weighted by Gasteiger charge is 2.38. The SMILES string of the molecule is Cn1c(=O)n(CCC(C)(C)O)c2cc(NC3=NC(N4CCCC(C)(CO)C4)=[N+]=CC3Cl)ccc21. The molecular formula is C24H34ClN6O3+. The van der Waals surface area contributed by atoms with Crippen LogP contribution in [0.5, 0.6) is 0 Å². The molecule has 0 amide bonds. The van der Waals surface area contributed by atoms with Gasteiger partial charge in [-0.25, -0.2) is 14.4 Å². The number of likely N-dealkylation sites (tertiary alicyclic amines) is 1. The number of anilines is 1. The number of amidine groups is 1. The summed E-state index contributed by atoms with van der Waals surface area (Å²) in [5, 5.41) is 22.7. The molecule has 1 aromatic heterocycles. The van der Waals surface area contributed by atoms with Gasteiger partial charge in [-0.3, -0.25) is 9.13 Å². The number of hydrogen-bond acceptors (Lipinski definition) is 6. The van der Waals surface area contributed by atoms with Crippen LogP contribution in [-0.4, -0.2) is 72.9 Å². The van der Waals surface area contributed by atoms with Crippen LogP contribution in [0.25, 0.3) is 11.0 Å². The van der Waals surface area contributed by atoms with E-state index >= 15 is 0 Å². The first-order valence-corrected chi connectivity index (χ1v) is 12.1. The third-order valence-electron chi connectivity index (χ3n) is 6.61. The molecule has 4 rings (SSSR count). The number of aryl methyl sites for hydroxylation is 2. The van der Waals surface area contributed by atoms with E-state index in [-0.39, 0.29) is 17.7 Å². The molecule has 0 radical (unpaired) electrons. The van der Waals surface area contributed by atoms with E-state index < -0.39 is 11.0 Å². The van der Waals surface area contributed by atoms with Crippen molar-refractivity contribution in [3.05, 3.63) is 28.7 Å². The Morgan fingerprint density at radius 3 is 2.82 bits per heavy atom. The van der Waals surface area contributed by atoms with Crippen LogP contribution in [0.1, 0.15) is 40.0 Å². The van der Waals surface area contributed by atoms with Gasteiger partial charge in [-0.1, -0.05) is 6.92 Å². The Morgan fingerprint density at radius 2 is 2.12 bits per heavy atom. The van der Waals surface area contributed by atoms with Gasteiger partial charge < -0.3 is 15.5 Å². The van der Waals surface area contributed by atoms with Gasteiger partial charge in [-0.15, -0.1) is 11.6 Å². The highest BCUT2D eigenvalue weighted by atomic mass is 35.5. The van der Waals surface area contributed by atoms with E-state index in [1.54, 1.807) is 36.2 Å². The van der Waals surface area contributed by atoms with Crippen LogP contribution >= 0.6 is 11.6 Å². The summed E-state index contributed by atoms with van der Waals surface area (Å²) in [5.74, 6) is 1.14. The van der Waals surface area contributed by atoms with Crippen LogP contribution in [-0.2, 0) is 13.6 Å². The molecule has 1 saturated heterocycles. The number of nitrogens with one attached hydrogen (secondary N) is 1. The van der Waals surface area contributed by atoms with Gasteiger partial charge in [-0.05, 0) is 56.3 Å². The minimum absolute atomic E-state index is 0.124. The molecule has 1 aromatic carbocycles. The molecular weight excluding hydrogens is 456 g/mol. The molecule has 0 aliphatic carbocycles. The highest BCUT2D eigenvalue weighted by molar-refractivity contribution is 6.43. The van der Waals surface area contributed by atoms with E-state index in [9.17, 15) is 15.0 Å². The standard InChI is InChI=1S/C24H33ClN6O3/c1-23(2,34)9-11-31-19-12-16(6-7-18(19)29(4)22(31)33)27-20-17(25)13-26-21(28-20)30-10-5-8-24(3,14-30)15-32/h6-7,12-13,17,32,34H,5,8-11,14-15H2,1-4H3/p+1. The molecule has 2 atom stereocenters. The van der Waals surface area contributed by atoms with E-state index in [1.807, 2.05) is 18.2 Å². The van der Waals surface area contributed by atoms with Crippen molar-refractivity contribution in [1.82, 2.24) is 18.7 Å². The molecule has 2 aliphatic rings. The number of imidazole rings is 1. The predicted molar refractivity (Wildman–Crippen MR) is 138 cm³/mol. The Kier molecular flexibility index (Phi) is 6.66. The lowest BCUT2D eigenvalue weighted by atomic mass is 9.83. The lowest BCUT2D eigenvalue weighted by molar-refractivity contribution is 0.0662. The Morgan fingerprint density at radius 1 is 1.35 bits per heavy atom. The topological polar surface area (TPSA) is 109 Å². The molecule has 10 heteroatoms. The number of aliphatic imine (C=N–C) groups is 1. The predicted octanol–water partition coefficient (Wildman–Crippen LogP) is 1.52. The first-order valence-electron chi connectivity index (χ1n) is 11.7. The maximum atomic E-state index is 12.8. The zero-order chi connectivity index (χ0) is 24.7. The fourth-order valence-electron chi connectivity index (χ4n) is 4.50. The monoisotopic (exact) mass is 489 g/mol. The maximum absolute atomic E-state index is 12.8. The number of aromatic nitrogens is 2. The molecule has 0 bridgehead atoms. The van der Waals surface area contributed by atoms with Gasteiger partial charge in [-0.2, -0.15) is 0 Å². The second-order valence-corrected chi connectivity index (χ2v) is 10.8. The number of fused-ring (bicyclic) bond motifs is 1. The summed E-state index contributed by atoms with van der Waals surface area (Å²) in [6.45, 7) is 7.59. The summed E-state index contributed by atoms with van der Waals surface area (Å²) >= 11 is 6.50. The number of hydrogen-bond donors (Lipinski definition) is 3. The number of rotatable bonds is 5. The molecule has 3 N–H and O–H groups in total. The summed E-state index contributed by atoms with van der Waals surface area (Å²) < 4.78 is 7.75. The number of guanidine groups is 1. The van der Waals surface area contributed by atoms with Crippen molar-refractivity contribution in [2.75, 3.05) is 25.0 Å². The quantitative estimate of drug-likeness (QED) is 0.436. The summed E-state index contributed by atoms with van der Waals surface area (Å²) in [6.07, 6.45) is 4.05. The van der Waals surface area contributed by atoms with Crippen molar-refractivity contribution in [1.29, 1.82) is 0 Å². The number of aliphatic hydroxyl groups is 2. The van der Waals surface area contributed by atoms with Crippen molar-refractivity contribution in [2.45, 2.75) is 57.6 Å². The molecule has 0 spiro atoms. The average molecular weight is 490 g/mol. The lowest BCUT2D eigenvalue weighted by Gasteiger charge is -2.35. The second-order valence-electron chi connectivity index (χ2n) is 10.4. The largest absolute Gasteiger partial charge is 0.483 e. The van der Waals surface area contributed by atoms with E-state index in [1.165, 1.54) is 0 Å². The molecule has 2 aromatic rings. The zero-order valence-electron chi connectivity index (χ0n) is 20.3. The van der Waals surface area contributed by atoms with Gasteiger partial charge in [0, 0.05) is 24.7 Å². The van der Waals surface area contributed by atoms with Gasteiger partial charge in [0.15, 0.2) is 11.6 Å². The zero-order valence-corrected chi connectivity index (χ0v) is 21.0. The number of aliphatic hydroxyl groups excluding tert-OH is 1. The number of benzene rings is 1. The highest BCUT2D eigenvalue weighted by Crippen LogP contribution is 2.29. The molecule has 1 fully saturated rings. The summed E-state index contributed by atoms with van der Waals surface area (Å²) in [6, 6.07) is 5.69. The number of halogens is 1. The van der Waals surface area contributed by atoms with Gasteiger partial charge in [0.25, 0.3) is 0 Å². The maximum Gasteiger partial charge on any atom is 0.483 e. The van der Waals surface area contributed by atoms with Crippen LogP contribution in [0.2, 0.25) is 0 Å². The van der Waals surface area contributed by atoms with Crippen molar-refractivity contribution in [3.63, 3.8) is 0 Å². The van der Waals surface area contributed by atoms with E-state index in [0.717, 1.165) is 36.1 Å². The smallest absolute Gasteiger partial charge is 0.396 e. The van der Waals surface area contributed by atoms with E-state index in [2.05, 4.69) is 21.8 Å². The van der Waals surface area contributed by atoms with Crippen molar-refractivity contribution in [3.8, 4) is 0 Å². The summed E-state index contributed by atoms with van der Waals surface area (Å²) in [5.41, 5.74) is 1.18. The number of nitrogens with zero attached hydrogens (tertiary/aromatic N) is 5. The first kappa shape index (κ1) is 24.5. The van der Waals surface area contributed by atoms with E-state index in [4.69, 9.17) is 16.6 Å². The molecule has 2 aliphatic heterocycles. The Labute approximate surface area is 204 Å². The van der Waals surface area contributed by atoms with Gasteiger partial charge >= 0.3 is 11.6 Å². The second kappa shape index (κ2) is 9.23. The third-order valence-corrected chi connectivity index (χ3v) is 6.93. The normalized spacial score (nSPS) is 23.3. The van der Waals surface area contributed by atoms with Gasteiger partial charge in [0.05, 0.1) is 36.3 Å². The molecule has 0 saturated carbocycles. The number of piperidine rings is 1. The molecule has 3 heterocycles. The minimum Gasteiger partial charge on any atom is -0.396 e. The molecule has 2 unspecified atom stereocenters. The summed E-state index contributed by atoms with van der Waals surface area (Å²) in [4.78, 5) is 19.6. The average Bonchev–Trinajstić information content (AvgIpc) is 3.02. The third kappa shape index (κ3) is 5.08. The Balaban J connectivity index is 1.60. The van der Waals surface area contributed by atoms with Gasteiger partial charge in [0.1, 0.15) is 0 Å². The molecule has 34 heavy (non-hydrogen) atoms. The van der Waals surface area contributed by atoms with Crippen molar-refractivity contribution < 1.29 is 10.2 Å². The van der Waals surface area contributed by atoms with Crippen LogP contribution in [0.15, 0.2) is 28.0 Å². The van der Waals surface area contributed by atoms with Gasteiger partial charge in [0.2, 0.25) is 5.84 Å². The van der Waals surface area contributed by atoms with Crippen LogP contribution in [0, 0.1) is 5.41 Å². The molecule has 9 nitrogen and oxygen atoms in total. The van der Waals surface area contributed by atoms with Crippen LogP contribution in [0.3, 0.4) is 0 Å². The fraction of sp³-hybridized carbons (Fsp3) is 0.583. The van der Waals surface area contributed by atoms with Crippen LogP contribution < -0.4 is 15.7 Å². The Hall–Kier alpha value is -2.58. The Bertz CT molecular complexity index is 1230.